The molecule has 3 heterocycles. The van der Waals surface area contributed by atoms with Crippen LogP contribution in [0.3, 0.4) is 0 Å². The molecule has 2 aliphatic heterocycles. The van der Waals surface area contributed by atoms with E-state index in [2.05, 4.69) is 65.8 Å². The van der Waals surface area contributed by atoms with Gasteiger partial charge in [-0.25, -0.2) is 0 Å². The maximum Gasteiger partial charge on any atom is 0.222 e. The molecule has 2 atom stereocenters. The summed E-state index contributed by atoms with van der Waals surface area (Å²) in [6.45, 7) is 8.77. The highest BCUT2D eigenvalue weighted by Crippen LogP contribution is 2.38. The predicted molar refractivity (Wildman–Crippen MR) is 146 cm³/mol. The number of hydrogen-bond donors (Lipinski definition) is 1. The molecular formula is C25H35IN4OS. The number of amides is 1. The Bertz CT molecular complexity index is 901. The molecule has 0 saturated carbocycles. The van der Waals surface area contributed by atoms with Crippen molar-refractivity contribution in [2.75, 3.05) is 37.6 Å². The first-order chi connectivity index (χ1) is 15.2. The van der Waals surface area contributed by atoms with Crippen molar-refractivity contribution in [1.82, 2.24) is 10.2 Å². The van der Waals surface area contributed by atoms with E-state index in [1.54, 1.807) is 0 Å². The largest absolute Gasteiger partial charge is 0.356 e. The van der Waals surface area contributed by atoms with Crippen LogP contribution in [0.1, 0.15) is 49.5 Å². The summed E-state index contributed by atoms with van der Waals surface area (Å²) in [5.74, 6) is 2.23. The van der Waals surface area contributed by atoms with Crippen molar-refractivity contribution in [1.29, 1.82) is 0 Å². The van der Waals surface area contributed by atoms with Crippen LogP contribution in [0.4, 0.5) is 5.69 Å². The van der Waals surface area contributed by atoms with Crippen molar-refractivity contribution >= 4 is 52.9 Å². The Morgan fingerprint density at radius 1 is 1.28 bits per heavy atom. The van der Waals surface area contributed by atoms with Gasteiger partial charge in [0.05, 0.1) is 0 Å². The Balaban J connectivity index is 0.00000289. The van der Waals surface area contributed by atoms with Crippen LogP contribution in [0.5, 0.6) is 0 Å². The summed E-state index contributed by atoms with van der Waals surface area (Å²) in [4.78, 5) is 22.9. The van der Waals surface area contributed by atoms with Gasteiger partial charge < -0.3 is 15.1 Å². The molecule has 1 saturated heterocycles. The molecule has 2 aliphatic rings. The van der Waals surface area contributed by atoms with Crippen LogP contribution in [-0.2, 0) is 11.2 Å². The van der Waals surface area contributed by atoms with Gasteiger partial charge in [0.15, 0.2) is 5.96 Å². The molecular weight excluding hydrogens is 531 g/mol. The number of benzene rings is 1. The highest BCUT2D eigenvalue weighted by molar-refractivity contribution is 14.0. The first-order valence-electron chi connectivity index (χ1n) is 11.6. The molecule has 32 heavy (non-hydrogen) atoms. The lowest BCUT2D eigenvalue weighted by Gasteiger charge is -2.24. The molecule has 2 aromatic rings. The maximum atomic E-state index is 12.0. The summed E-state index contributed by atoms with van der Waals surface area (Å²) >= 11 is 1.83. The lowest BCUT2D eigenvalue weighted by molar-refractivity contribution is -0.127. The molecule has 1 N–H and O–H groups in total. The standard InChI is InChI=1S/C25H34N4OS.HI/c1-3-26-25(27-17-19(2)16-21-8-7-15-31-21)29-18-20(22-9-4-5-10-23(22)29)12-14-28-13-6-11-24(28)30;/h4-5,7-10,15,19-20H,3,6,11-14,16-18H2,1-2H3,(H,26,27);1H. The van der Waals surface area contributed by atoms with Gasteiger partial charge >= 0.3 is 0 Å². The number of aliphatic imine (C=N–C) groups is 1. The zero-order chi connectivity index (χ0) is 21.6. The molecule has 174 valence electrons. The van der Waals surface area contributed by atoms with Crippen molar-refractivity contribution in [3.8, 4) is 0 Å². The number of nitrogens with one attached hydrogen (secondary N) is 1. The zero-order valence-electron chi connectivity index (χ0n) is 19.1. The van der Waals surface area contributed by atoms with E-state index < -0.39 is 0 Å². The van der Waals surface area contributed by atoms with Gasteiger partial charge in [0.1, 0.15) is 0 Å². The number of anilines is 1. The zero-order valence-corrected chi connectivity index (χ0v) is 22.3. The van der Waals surface area contributed by atoms with Gasteiger partial charge in [-0.05, 0) is 55.2 Å². The Morgan fingerprint density at radius 2 is 2.12 bits per heavy atom. The highest BCUT2D eigenvalue weighted by Gasteiger charge is 2.32. The monoisotopic (exact) mass is 566 g/mol. The molecule has 4 rings (SSSR count). The first-order valence-corrected chi connectivity index (χ1v) is 12.5. The third kappa shape index (κ3) is 6.04. The molecule has 2 unspecified atom stereocenters. The normalized spacial score (nSPS) is 19.1. The van der Waals surface area contributed by atoms with Crippen molar-refractivity contribution in [2.24, 2.45) is 10.9 Å². The lowest BCUT2D eigenvalue weighted by atomic mass is 9.98. The van der Waals surface area contributed by atoms with Gasteiger partial charge in [0.2, 0.25) is 5.91 Å². The van der Waals surface area contributed by atoms with E-state index in [0.29, 0.717) is 24.2 Å². The fourth-order valence-electron chi connectivity index (χ4n) is 4.67. The van der Waals surface area contributed by atoms with Crippen molar-refractivity contribution in [2.45, 2.75) is 45.4 Å². The number of guanidine groups is 1. The third-order valence-electron chi connectivity index (χ3n) is 6.26. The van der Waals surface area contributed by atoms with Crippen LogP contribution >= 0.6 is 35.3 Å². The van der Waals surface area contributed by atoms with Crippen LogP contribution in [0.15, 0.2) is 46.8 Å². The van der Waals surface area contributed by atoms with E-state index in [-0.39, 0.29) is 24.0 Å². The fraction of sp³-hybridized carbons (Fsp3) is 0.520. The average Bonchev–Trinajstić information content (AvgIpc) is 3.50. The minimum Gasteiger partial charge on any atom is -0.356 e. The molecule has 0 spiro atoms. The lowest BCUT2D eigenvalue weighted by Crippen LogP contribution is -2.41. The molecule has 1 aromatic heterocycles. The molecule has 1 fully saturated rings. The fourth-order valence-corrected chi connectivity index (χ4v) is 5.54. The molecule has 0 radical (unpaired) electrons. The van der Waals surface area contributed by atoms with E-state index in [9.17, 15) is 4.79 Å². The van der Waals surface area contributed by atoms with Crippen LogP contribution in [0, 0.1) is 5.92 Å². The van der Waals surface area contributed by atoms with Gasteiger partial charge in [0.25, 0.3) is 0 Å². The minimum atomic E-state index is 0. The number of nitrogens with zero attached hydrogens (tertiary/aromatic N) is 3. The topological polar surface area (TPSA) is 47.9 Å². The number of fused-ring (bicyclic) bond motifs is 1. The summed E-state index contributed by atoms with van der Waals surface area (Å²) in [7, 11) is 0. The Kier molecular flexibility index (Phi) is 9.40. The van der Waals surface area contributed by atoms with Crippen molar-refractivity contribution < 1.29 is 4.79 Å². The summed E-state index contributed by atoms with van der Waals surface area (Å²) in [6, 6.07) is 13.0. The van der Waals surface area contributed by atoms with Crippen molar-refractivity contribution in [3.05, 3.63) is 52.2 Å². The van der Waals surface area contributed by atoms with E-state index >= 15 is 0 Å². The molecule has 1 aromatic carbocycles. The number of hydrogen-bond acceptors (Lipinski definition) is 3. The minimum absolute atomic E-state index is 0. The van der Waals surface area contributed by atoms with Gasteiger partial charge in [-0.2, -0.15) is 0 Å². The second-order valence-electron chi connectivity index (χ2n) is 8.72. The maximum absolute atomic E-state index is 12.0. The van der Waals surface area contributed by atoms with Crippen LogP contribution in [0.25, 0.3) is 0 Å². The summed E-state index contributed by atoms with van der Waals surface area (Å²) < 4.78 is 0. The van der Waals surface area contributed by atoms with Crippen molar-refractivity contribution in [3.63, 3.8) is 0 Å². The SMILES string of the molecule is CCNC(=NCC(C)Cc1cccs1)N1CC(CCN2CCCC2=O)c2ccccc21.I. The number of para-hydroxylation sites is 1. The molecule has 5 nitrogen and oxygen atoms in total. The first kappa shape index (κ1) is 25.0. The Morgan fingerprint density at radius 3 is 2.84 bits per heavy atom. The van der Waals surface area contributed by atoms with Gasteiger partial charge in [0, 0.05) is 55.6 Å². The number of carbonyl (C=O) groups is 1. The summed E-state index contributed by atoms with van der Waals surface area (Å²) in [6.07, 6.45) is 3.80. The quantitative estimate of drug-likeness (QED) is 0.274. The smallest absolute Gasteiger partial charge is 0.222 e. The van der Waals surface area contributed by atoms with Crippen LogP contribution < -0.4 is 10.2 Å². The Hall–Kier alpha value is -1.61. The predicted octanol–water partition coefficient (Wildman–Crippen LogP) is 5.13. The van der Waals surface area contributed by atoms with E-state index in [1.165, 1.54) is 16.1 Å². The van der Waals surface area contributed by atoms with E-state index in [4.69, 9.17) is 4.99 Å². The van der Waals surface area contributed by atoms with Gasteiger partial charge in [-0.1, -0.05) is 31.2 Å². The molecule has 1 amide bonds. The molecule has 0 aliphatic carbocycles. The van der Waals surface area contributed by atoms with Crippen LogP contribution in [-0.4, -0.2) is 49.5 Å². The molecule has 7 heteroatoms. The third-order valence-corrected chi connectivity index (χ3v) is 7.16. The number of likely N-dealkylation sites (tertiary alicyclic amines) is 1. The van der Waals surface area contributed by atoms with Gasteiger partial charge in [-0.3, -0.25) is 9.79 Å². The number of thiophene rings is 1. The summed E-state index contributed by atoms with van der Waals surface area (Å²) in [5, 5.41) is 5.66. The second-order valence-corrected chi connectivity index (χ2v) is 9.75. The second kappa shape index (κ2) is 12.0. The van der Waals surface area contributed by atoms with E-state index in [0.717, 1.165) is 57.9 Å². The number of rotatable bonds is 8. The average molecular weight is 567 g/mol. The van der Waals surface area contributed by atoms with Crippen LogP contribution in [0.2, 0.25) is 0 Å². The van der Waals surface area contributed by atoms with Gasteiger partial charge in [-0.15, -0.1) is 35.3 Å². The number of carbonyl (C=O) groups excluding carboxylic acids is 1. The molecule has 0 bridgehead atoms. The highest BCUT2D eigenvalue weighted by atomic mass is 127. The number of halogens is 1. The summed E-state index contributed by atoms with van der Waals surface area (Å²) in [5.41, 5.74) is 2.64. The Labute approximate surface area is 213 Å². The van der Waals surface area contributed by atoms with E-state index in [1.807, 2.05) is 16.2 Å².